The highest BCUT2D eigenvalue weighted by atomic mass is 35.5. The van der Waals surface area contributed by atoms with Gasteiger partial charge in [0.2, 0.25) is 0 Å². The first kappa shape index (κ1) is 20.2. The van der Waals surface area contributed by atoms with Crippen LogP contribution in [0.1, 0.15) is 27.0 Å². The number of rotatable bonds is 5. The summed E-state index contributed by atoms with van der Waals surface area (Å²) in [7, 11) is 1.50. The zero-order valence-electron chi connectivity index (χ0n) is 16.0. The molecule has 0 amide bonds. The van der Waals surface area contributed by atoms with Crippen molar-refractivity contribution >= 4 is 29.2 Å². The van der Waals surface area contributed by atoms with Gasteiger partial charge in [0.05, 0.1) is 24.3 Å². The quantitative estimate of drug-likeness (QED) is 0.229. The number of hydrogen-bond acceptors (Lipinski definition) is 4. The van der Waals surface area contributed by atoms with Gasteiger partial charge in [0.1, 0.15) is 0 Å². The van der Waals surface area contributed by atoms with Crippen molar-refractivity contribution in [3.05, 3.63) is 94.0 Å². The molecule has 0 N–H and O–H groups in total. The van der Waals surface area contributed by atoms with Gasteiger partial charge in [-0.3, -0.25) is 0 Å². The zero-order valence-corrected chi connectivity index (χ0v) is 16.7. The second-order valence-corrected chi connectivity index (χ2v) is 6.78. The molecule has 144 valence electrons. The molecule has 0 atom stereocenters. The van der Waals surface area contributed by atoms with Crippen molar-refractivity contribution < 1.29 is 14.3 Å². The van der Waals surface area contributed by atoms with E-state index in [-0.39, 0.29) is 0 Å². The summed E-state index contributed by atoms with van der Waals surface area (Å²) >= 11 is 5.91. The second-order valence-electron chi connectivity index (χ2n) is 6.34. The molecule has 3 aromatic rings. The number of nitriles is 1. The molecule has 4 nitrogen and oxygen atoms in total. The molecular weight excluding hydrogens is 386 g/mol. The topological polar surface area (TPSA) is 59.3 Å². The molecular formula is C24H18ClNO3. The molecule has 0 spiro atoms. The minimum absolute atomic E-state index is 0.306. The van der Waals surface area contributed by atoms with Crippen molar-refractivity contribution in [1.82, 2.24) is 0 Å². The number of carbonyl (C=O) groups is 1. The van der Waals surface area contributed by atoms with Crippen LogP contribution >= 0.6 is 11.6 Å². The fourth-order valence-electron chi connectivity index (χ4n) is 2.68. The summed E-state index contributed by atoms with van der Waals surface area (Å²) < 4.78 is 10.9. The molecule has 0 saturated carbocycles. The Morgan fingerprint density at radius 1 is 0.966 bits per heavy atom. The monoisotopic (exact) mass is 403 g/mol. The minimum Gasteiger partial charge on any atom is -0.493 e. The van der Waals surface area contributed by atoms with E-state index in [0.717, 1.165) is 16.7 Å². The Morgan fingerprint density at radius 3 is 2.24 bits per heavy atom. The summed E-state index contributed by atoms with van der Waals surface area (Å²) in [4.78, 5) is 12.4. The third kappa shape index (κ3) is 5.04. The molecule has 5 heteroatoms. The number of allylic oxidation sites excluding steroid dienone is 1. The van der Waals surface area contributed by atoms with Crippen LogP contribution in [0, 0.1) is 18.3 Å². The van der Waals surface area contributed by atoms with Crippen molar-refractivity contribution in [2.75, 3.05) is 7.11 Å². The van der Waals surface area contributed by atoms with Crippen LogP contribution in [0.4, 0.5) is 0 Å². The molecule has 0 heterocycles. The molecule has 0 radical (unpaired) electrons. The van der Waals surface area contributed by atoms with Crippen LogP contribution in [-0.4, -0.2) is 13.1 Å². The number of benzene rings is 3. The van der Waals surface area contributed by atoms with Gasteiger partial charge in [0.15, 0.2) is 11.5 Å². The summed E-state index contributed by atoms with van der Waals surface area (Å²) in [5.41, 5.74) is 3.49. The van der Waals surface area contributed by atoms with Crippen molar-refractivity contribution in [3.63, 3.8) is 0 Å². The van der Waals surface area contributed by atoms with E-state index in [4.69, 9.17) is 21.1 Å². The van der Waals surface area contributed by atoms with Crippen LogP contribution < -0.4 is 9.47 Å². The lowest BCUT2D eigenvalue weighted by atomic mass is 10.0. The highest BCUT2D eigenvalue weighted by Crippen LogP contribution is 2.30. The van der Waals surface area contributed by atoms with E-state index in [1.807, 2.05) is 19.1 Å². The van der Waals surface area contributed by atoms with Crippen molar-refractivity contribution in [2.45, 2.75) is 6.92 Å². The van der Waals surface area contributed by atoms with Crippen LogP contribution in [0.25, 0.3) is 11.6 Å². The Bertz CT molecular complexity index is 1090. The van der Waals surface area contributed by atoms with E-state index >= 15 is 0 Å². The Labute approximate surface area is 174 Å². The van der Waals surface area contributed by atoms with Crippen LogP contribution in [0.3, 0.4) is 0 Å². The summed E-state index contributed by atoms with van der Waals surface area (Å²) in [6.45, 7) is 1.95. The third-order valence-corrected chi connectivity index (χ3v) is 4.52. The van der Waals surface area contributed by atoms with Gasteiger partial charge in [-0.15, -0.1) is 0 Å². The van der Waals surface area contributed by atoms with Crippen LogP contribution in [0.15, 0.2) is 66.7 Å². The van der Waals surface area contributed by atoms with E-state index < -0.39 is 5.97 Å². The SMILES string of the molecule is COc1cc(/C=C(/C#N)c2ccc(Cl)cc2)ccc1OC(=O)c1ccc(C)cc1. The van der Waals surface area contributed by atoms with Crippen LogP contribution in [0.5, 0.6) is 11.5 Å². The molecule has 0 aliphatic heterocycles. The number of esters is 1. The Morgan fingerprint density at radius 2 is 1.62 bits per heavy atom. The van der Waals surface area contributed by atoms with Gasteiger partial charge in [0, 0.05) is 5.02 Å². The molecule has 0 aliphatic rings. The molecule has 0 saturated heterocycles. The van der Waals surface area contributed by atoms with Gasteiger partial charge in [-0.1, -0.05) is 47.5 Å². The second kappa shape index (κ2) is 9.09. The molecule has 3 rings (SSSR count). The van der Waals surface area contributed by atoms with Gasteiger partial charge in [-0.05, 0) is 60.5 Å². The average molecular weight is 404 g/mol. The van der Waals surface area contributed by atoms with E-state index in [1.54, 1.807) is 60.7 Å². The van der Waals surface area contributed by atoms with Crippen LogP contribution in [-0.2, 0) is 0 Å². The highest BCUT2D eigenvalue weighted by Gasteiger charge is 2.13. The van der Waals surface area contributed by atoms with Gasteiger partial charge in [-0.25, -0.2) is 4.79 Å². The predicted octanol–water partition coefficient (Wildman–Crippen LogP) is 5.94. The maximum atomic E-state index is 12.4. The van der Waals surface area contributed by atoms with E-state index in [1.165, 1.54) is 7.11 Å². The lowest BCUT2D eigenvalue weighted by Crippen LogP contribution is -2.09. The van der Waals surface area contributed by atoms with Crippen molar-refractivity contribution in [1.29, 1.82) is 5.26 Å². The number of carbonyl (C=O) groups excluding carboxylic acids is 1. The fourth-order valence-corrected chi connectivity index (χ4v) is 2.81. The first-order valence-electron chi connectivity index (χ1n) is 8.85. The van der Waals surface area contributed by atoms with Crippen molar-refractivity contribution in [2.24, 2.45) is 0 Å². The normalized spacial score (nSPS) is 10.9. The van der Waals surface area contributed by atoms with Crippen molar-refractivity contribution in [3.8, 4) is 17.6 Å². The highest BCUT2D eigenvalue weighted by molar-refractivity contribution is 6.30. The number of halogens is 1. The first-order valence-corrected chi connectivity index (χ1v) is 9.22. The molecule has 29 heavy (non-hydrogen) atoms. The lowest BCUT2D eigenvalue weighted by Gasteiger charge is -2.10. The van der Waals surface area contributed by atoms with Gasteiger partial charge < -0.3 is 9.47 Å². The number of hydrogen-bond donors (Lipinski definition) is 0. The summed E-state index contributed by atoms with van der Waals surface area (Å²) in [5, 5.41) is 10.1. The fraction of sp³-hybridized carbons (Fsp3) is 0.0833. The Hall–Kier alpha value is -3.55. The summed E-state index contributed by atoms with van der Waals surface area (Å²) in [6.07, 6.45) is 1.73. The van der Waals surface area contributed by atoms with Gasteiger partial charge >= 0.3 is 5.97 Å². The molecule has 0 unspecified atom stereocenters. The maximum absolute atomic E-state index is 12.4. The maximum Gasteiger partial charge on any atom is 0.343 e. The van der Waals surface area contributed by atoms with E-state index in [0.29, 0.717) is 27.7 Å². The third-order valence-electron chi connectivity index (χ3n) is 4.26. The Kier molecular flexibility index (Phi) is 6.33. The molecule has 0 bridgehead atoms. The molecule has 0 aliphatic carbocycles. The first-order chi connectivity index (χ1) is 14.0. The van der Waals surface area contributed by atoms with Gasteiger partial charge in [0.25, 0.3) is 0 Å². The Balaban J connectivity index is 1.86. The number of ether oxygens (including phenoxy) is 2. The zero-order chi connectivity index (χ0) is 20.8. The minimum atomic E-state index is -0.467. The van der Waals surface area contributed by atoms with E-state index in [9.17, 15) is 10.1 Å². The smallest absolute Gasteiger partial charge is 0.343 e. The number of nitrogens with zero attached hydrogens (tertiary/aromatic N) is 1. The molecule has 0 fully saturated rings. The molecule has 0 aromatic heterocycles. The standard InChI is InChI=1S/C24H18ClNO3/c1-16-3-6-19(7-4-16)24(27)29-22-12-5-17(14-23(22)28-2)13-20(15-26)18-8-10-21(25)11-9-18/h3-14H,1-2H3/b20-13-. The predicted molar refractivity (Wildman–Crippen MR) is 114 cm³/mol. The van der Waals surface area contributed by atoms with E-state index in [2.05, 4.69) is 6.07 Å². The summed E-state index contributed by atoms with van der Waals surface area (Å²) in [5.74, 6) is 0.235. The van der Waals surface area contributed by atoms with Gasteiger partial charge in [-0.2, -0.15) is 5.26 Å². The lowest BCUT2D eigenvalue weighted by molar-refractivity contribution is 0.0729. The average Bonchev–Trinajstić information content (AvgIpc) is 2.74. The summed E-state index contributed by atoms with van der Waals surface area (Å²) in [6, 6.07) is 21.5. The molecule has 3 aromatic carbocycles. The largest absolute Gasteiger partial charge is 0.493 e. The number of methoxy groups -OCH3 is 1. The number of aryl methyl sites for hydroxylation is 1. The van der Waals surface area contributed by atoms with Crippen LogP contribution in [0.2, 0.25) is 5.02 Å².